The second kappa shape index (κ2) is 12.2. The summed E-state index contributed by atoms with van der Waals surface area (Å²) in [7, 11) is 1.58. The number of rotatable bonds is 9. The second-order valence-corrected chi connectivity index (χ2v) is 9.51. The van der Waals surface area contributed by atoms with Gasteiger partial charge in [0.15, 0.2) is 0 Å². The van der Waals surface area contributed by atoms with E-state index in [2.05, 4.69) is 21.2 Å². The molecule has 1 N–H and O–H groups in total. The van der Waals surface area contributed by atoms with E-state index in [0.717, 1.165) is 11.1 Å². The molecule has 0 fully saturated rings. The number of aromatic nitrogens is 3. The Balaban J connectivity index is 1.94. The van der Waals surface area contributed by atoms with Crippen LogP contribution in [0.4, 0.5) is 4.39 Å². The van der Waals surface area contributed by atoms with Crippen LogP contribution in [0.15, 0.2) is 75.5 Å². The van der Waals surface area contributed by atoms with E-state index in [4.69, 9.17) is 9.57 Å². The first kappa shape index (κ1) is 28.0. The van der Waals surface area contributed by atoms with E-state index in [-0.39, 0.29) is 30.5 Å². The first-order valence-electron chi connectivity index (χ1n) is 12.5. The Bertz CT molecular complexity index is 1720. The Hall–Kier alpha value is -5.04. The fourth-order valence-corrected chi connectivity index (χ4v) is 4.36. The molecule has 40 heavy (non-hydrogen) atoms. The largest absolute Gasteiger partial charge is 0.497 e. The maximum atomic E-state index is 13.9. The average Bonchev–Trinajstić information content (AvgIpc) is 2.92. The molecular weight excluding hydrogens is 513 g/mol. The van der Waals surface area contributed by atoms with Crippen molar-refractivity contribution in [3.8, 4) is 11.8 Å². The zero-order valence-electron chi connectivity index (χ0n) is 22.6. The number of nitriles is 1. The third kappa shape index (κ3) is 6.32. The van der Waals surface area contributed by atoms with Crippen LogP contribution < -0.4 is 16.0 Å². The van der Waals surface area contributed by atoms with E-state index in [0.29, 0.717) is 28.0 Å². The Morgan fingerprint density at radius 1 is 1.12 bits per heavy atom. The quantitative estimate of drug-likeness (QED) is 0.190. The molecule has 0 saturated carbocycles. The molecule has 4 rings (SSSR count). The van der Waals surface area contributed by atoms with Crippen molar-refractivity contribution in [3.05, 3.63) is 127 Å². The number of halogens is 1. The minimum atomic E-state index is -0.699. The van der Waals surface area contributed by atoms with Gasteiger partial charge in [-0.15, -0.1) is 0 Å². The van der Waals surface area contributed by atoms with E-state index in [1.54, 1.807) is 43.5 Å². The van der Waals surface area contributed by atoms with Gasteiger partial charge in [0.05, 0.1) is 31.0 Å². The molecule has 0 aliphatic carbocycles. The van der Waals surface area contributed by atoms with Gasteiger partial charge in [0.1, 0.15) is 18.1 Å². The number of ether oxygens (including phenoxy) is 1. The number of methoxy groups -OCH3 is 1. The highest BCUT2D eigenvalue weighted by Gasteiger charge is 2.25. The van der Waals surface area contributed by atoms with Gasteiger partial charge in [-0.25, -0.2) is 9.78 Å². The van der Waals surface area contributed by atoms with E-state index in [1.807, 2.05) is 32.9 Å². The molecule has 0 unspecified atom stereocenters. The van der Waals surface area contributed by atoms with Crippen LogP contribution in [0.3, 0.4) is 0 Å². The first-order valence-corrected chi connectivity index (χ1v) is 12.5. The van der Waals surface area contributed by atoms with Crippen molar-refractivity contribution in [2.24, 2.45) is 5.16 Å². The van der Waals surface area contributed by atoms with Crippen LogP contribution in [-0.4, -0.2) is 27.4 Å². The molecule has 0 bridgehead atoms. The van der Waals surface area contributed by atoms with E-state index in [9.17, 15) is 19.2 Å². The lowest BCUT2D eigenvalue weighted by Gasteiger charge is -2.20. The van der Waals surface area contributed by atoms with Gasteiger partial charge in [-0.05, 0) is 72.0 Å². The Kier molecular flexibility index (Phi) is 8.54. The fraction of sp³-hybridized carbons (Fsp3) is 0.233. The summed E-state index contributed by atoms with van der Waals surface area (Å²) in [5.74, 6) is -0.333. The highest BCUT2D eigenvalue weighted by molar-refractivity contribution is 6.12. The summed E-state index contributed by atoms with van der Waals surface area (Å²) in [5.41, 5.74) is 2.33. The Labute approximate surface area is 230 Å². The number of aryl methyl sites for hydroxylation is 1. The predicted octanol–water partition coefficient (Wildman–Crippen LogP) is 4.40. The molecule has 4 aromatic rings. The summed E-state index contributed by atoms with van der Waals surface area (Å²) in [6.45, 7) is 5.49. The van der Waals surface area contributed by atoms with Gasteiger partial charge in [-0.2, -0.15) is 9.65 Å². The number of hydrogen-bond donors (Lipinski definition) is 1. The minimum Gasteiger partial charge on any atom is -0.497 e. The van der Waals surface area contributed by atoms with Crippen molar-refractivity contribution in [3.63, 3.8) is 0 Å². The van der Waals surface area contributed by atoms with Crippen LogP contribution >= 0.6 is 0 Å². The van der Waals surface area contributed by atoms with Gasteiger partial charge in [0, 0.05) is 17.3 Å². The number of benzene rings is 2. The molecule has 0 amide bonds. The molecule has 0 aliphatic heterocycles. The van der Waals surface area contributed by atoms with E-state index < -0.39 is 17.2 Å². The molecule has 2 aromatic heterocycles. The Morgan fingerprint density at radius 2 is 1.88 bits per heavy atom. The standard InChI is InChI=1S/C30H28FN5O4/c1-18(2)26-28(36(30(38)34-29(26)37)16-21-9-10-33-25(31)14-21)27(23-12-19(3)11-22(13-23)15-32)35-40-17-20-5-7-24(39-4)8-6-20/h5-14,18H,16-17H2,1-4H3,(H,34,37,38)/b35-27+. The zero-order valence-corrected chi connectivity index (χ0v) is 22.6. The molecule has 2 heterocycles. The van der Waals surface area contributed by atoms with Crippen LogP contribution in [0.25, 0.3) is 0 Å². The van der Waals surface area contributed by atoms with Gasteiger partial charge >= 0.3 is 5.69 Å². The molecule has 9 nitrogen and oxygen atoms in total. The fourth-order valence-electron chi connectivity index (χ4n) is 4.36. The first-order chi connectivity index (χ1) is 19.2. The number of nitrogens with zero attached hydrogens (tertiary/aromatic N) is 4. The lowest BCUT2D eigenvalue weighted by Crippen LogP contribution is -2.38. The number of H-pyrrole nitrogens is 1. The normalized spacial score (nSPS) is 11.4. The predicted molar refractivity (Wildman–Crippen MR) is 148 cm³/mol. The van der Waals surface area contributed by atoms with Crippen LogP contribution in [-0.2, 0) is 18.0 Å². The van der Waals surface area contributed by atoms with Gasteiger partial charge < -0.3 is 9.57 Å². The van der Waals surface area contributed by atoms with Gasteiger partial charge in [0.2, 0.25) is 5.95 Å². The molecule has 0 aliphatic rings. The Morgan fingerprint density at radius 3 is 2.52 bits per heavy atom. The van der Waals surface area contributed by atoms with Crippen molar-refractivity contribution in [1.82, 2.24) is 14.5 Å². The van der Waals surface area contributed by atoms with Crippen molar-refractivity contribution >= 4 is 5.71 Å². The number of oxime groups is 1. The maximum absolute atomic E-state index is 13.9. The molecular formula is C30H28FN5O4. The zero-order chi connectivity index (χ0) is 28.8. The topological polar surface area (TPSA) is 122 Å². The molecule has 0 radical (unpaired) electrons. The maximum Gasteiger partial charge on any atom is 0.329 e. The highest BCUT2D eigenvalue weighted by atomic mass is 19.1. The van der Waals surface area contributed by atoms with E-state index in [1.165, 1.54) is 16.8 Å². The van der Waals surface area contributed by atoms with Gasteiger partial charge in [-0.3, -0.25) is 14.3 Å². The number of aromatic amines is 1. The lowest BCUT2D eigenvalue weighted by atomic mass is 9.94. The summed E-state index contributed by atoms with van der Waals surface area (Å²) >= 11 is 0. The summed E-state index contributed by atoms with van der Waals surface area (Å²) in [6.07, 6.45) is 1.30. The van der Waals surface area contributed by atoms with E-state index >= 15 is 0 Å². The van der Waals surface area contributed by atoms with Crippen LogP contribution in [0.5, 0.6) is 5.75 Å². The van der Waals surface area contributed by atoms with Crippen LogP contribution in [0.1, 0.15) is 58.8 Å². The average molecular weight is 542 g/mol. The molecule has 0 saturated heterocycles. The summed E-state index contributed by atoms with van der Waals surface area (Å²) < 4.78 is 20.5. The van der Waals surface area contributed by atoms with Crippen molar-refractivity contribution in [2.75, 3.05) is 7.11 Å². The van der Waals surface area contributed by atoms with Crippen molar-refractivity contribution in [2.45, 2.75) is 39.8 Å². The highest BCUT2D eigenvalue weighted by Crippen LogP contribution is 2.22. The number of nitrogens with one attached hydrogen (secondary N) is 1. The number of hydrogen-bond acceptors (Lipinski definition) is 7. The van der Waals surface area contributed by atoms with Crippen molar-refractivity contribution in [1.29, 1.82) is 5.26 Å². The second-order valence-electron chi connectivity index (χ2n) is 9.51. The summed E-state index contributed by atoms with van der Waals surface area (Å²) in [4.78, 5) is 38.1. The molecule has 2 aromatic carbocycles. The lowest BCUT2D eigenvalue weighted by molar-refractivity contribution is 0.130. The van der Waals surface area contributed by atoms with Crippen LogP contribution in [0.2, 0.25) is 0 Å². The molecule has 204 valence electrons. The molecule has 0 atom stereocenters. The third-order valence-corrected chi connectivity index (χ3v) is 6.19. The third-order valence-electron chi connectivity index (χ3n) is 6.19. The monoisotopic (exact) mass is 541 g/mol. The molecule has 0 spiro atoms. The number of pyridine rings is 1. The van der Waals surface area contributed by atoms with Gasteiger partial charge in [0.25, 0.3) is 5.56 Å². The summed E-state index contributed by atoms with van der Waals surface area (Å²) in [5, 5.41) is 14.1. The SMILES string of the molecule is COc1ccc(CO/N=C(\c2cc(C)cc(C#N)c2)c2c(C(C)C)c(=O)[nH]c(=O)n2Cc2ccnc(F)c2)cc1. The van der Waals surface area contributed by atoms with Gasteiger partial charge in [-0.1, -0.05) is 31.1 Å². The smallest absolute Gasteiger partial charge is 0.329 e. The summed E-state index contributed by atoms with van der Waals surface area (Å²) in [6, 6.07) is 17.3. The van der Waals surface area contributed by atoms with Crippen LogP contribution in [0, 0.1) is 24.2 Å². The van der Waals surface area contributed by atoms with Crippen molar-refractivity contribution < 1.29 is 14.0 Å². The molecule has 10 heteroatoms. The minimum absolute atomic E-state index is 0.0709.